The standard InChI is InChI=1S/C23H19F3N4O3/c1-13-29-18-7-17(24)16(15-8-27-21(28-9-15)23(31)11-32-12-23)6-19(18)30(13)10-14-4-2-3-5-20(14)33-22(25)26/h2-9,22,31H,10-12H2,1H3. The Kier molecular flexibility index (Phi) is 5.26. The fraction of sp³-hybridized carbons (Fsp3) is 0.261. The molecule has 1 saturated heterocycles. The van der Waals surface area contributed by atoms with Crippen molar-refractivity contribution in [3.63, 3.8) is 0 Å². The second-order valence-electron chi connectivity index (χ2n) is 7.87. The van der Waals surface area contributed by atoms with Gasteiger partial charge < -0.3 is 19.1 Å². The SMILES string of the molecule is Cc1nc2cc(F)c(-c3cnc(C4(O)COC4)nc3)cc2n1Cc1ccccc1OC(F)F. The molecule has 4 aromatic rings. The molecule has 0 unspecified atom stereocenters. The largest absolute Gasteiger partial charge is 0.434 e. The molecular weight excluding hydrogens is 437 g/mol. The minimum atomic E-state index is -2.94. The summed E-state index contributed by atoms with van der Waals surface area (Å²) in [6.45, 7) is -0.754. The molecule has 5 rings (SSSR count). The van der Waals surface area contributed by atoms with Gasteiger partial charge in [0.15, 0.2) is 11.4 Å². The molecule has 1 aliphatic heterocycles. The molecule has 1 N–H and O–H groups in total. The number of benzene rings is 2. The molecule has 2 aromatic heterocycles. The Bertz CT molecular complexity index is 1320. The lowest BCUT2D eigenvalue weighted by molar-refractivity contribution is -0.189. The van der Waals surface area contributed by atoms with Crippen molar-refractivity contribution in [2.75, 3.05) is 13.2 Å². The number of nitrogens with zero attached hydrogens (tertiary/aromatic N) is 4. The number of hydrogen-bond donors (Lipinski definition) is 1. The van der Waals surface area contributed by atoms with E-state index >= 15 is 0 Å². The molecule has 0 bridgehead atoms. The number of hydrogen-bond acceptors (Lipinski definition) is 6. The molecule has 1 aliphatic rings. The third-order valence-corrected chi connectivity index (χ3v) is 5.61. The molecule has 0 atom stereocenters. The Balaban J connectivity index is 1.53. The Morgan fingerprint density at radius 2 is 1.91 bits per heavy atom. The maximum atomic E-state index is 14.9. The van der Waals surface area contributed by atoms with Gasteiger partial charge in [0.05, 0.1) is 30.8 Å². The zero-order valence-corrected chi connectivity index (χ0v) is 17.5. The molecule has 33 heavy (non-hydrogen) atoms. The van der Waals surface area contributed by atoms with Crippen LogP contribution >= 0.6 is 0 Å². The number of aliphatic hydroxyl groups is 1. The normalized spacial score (nSPS) is 15.1. The highest BCUT2D eigenvalue weighted by molar-refractivity contribution is 5.83. The first-order valence-corrected chi connectivity index (χ1v) is 10.2. The smallest absolute Gasteiger partial charge is 0.387 e. The Morgan fingerprint density at radius 3 is 2.58 bits per heavy atom. The zero-order chi connectivity index (χ0) is 23.2. The quantitative estimate of drug-likeness (QED) is 0.475. The first-order valence-electron chi connectivity index (χ1n) is 10.2. The molecule has 0 amide bonds. The summed E-state index contributed by atoms with van der Waals surface area (Å²) in [5.74, 6) is 0.372. The summed E-state index contributed by atoms with van der Waals surface area (Å²) < 4.78 is 52.0. The third-order valence-electron chi connectivity index (χ3n) is 5.61. The van der Waals surface area contributed by atoms with Crippen LogP contribution in [0, 0.1) is 12.7 Å². The minimum absolute atomic E-state index is 0.0676. The van der Waals surface area contributed by atoms with Gasteiger partial charge in [-0.05, 0) is 19.1 Å². The van der Waals surface area contributed by atoms with Gasteiger partial charge in [0, 0.05) is 35.2 Å². The molecule has 0 saturated carbocycles. The maximum Gasteiger partial charge on any atom is 0.387 e. The predicted molar refractivity (Wildman–Crippen MR) is 112 cm³/mol. The van der Waals surface area contributed by atoms with Crippen LogP contribution in [-0.4, -0.2) is 44.5 Å². The van der Waals surface area contributed by atoms with Gasteiger partial charge in [0.1, 0.15) is 17.4 Å². The van der Waals surface area contributed by atoms with E-state index in [1.807, 2.05) is 0 Å². The fourth-order valence-electron chi connectivity index (χ4n) is 3.83. The lowest BCUT2D eigenvalue weighted by Gasteiger charge is -2.34. The van der Waals surface area contributed by atoms with Gasteiger partial charge >= 0.3 is 6.61 Å². The van der Waals surface area contributed by atoms with Crippen LogP contribution in [-0.2, 0) is 16.9 Å². The monoisotopic (exact) mass is 456 g/mol. The zero-order valence-electron chi connectivity index (χ0n) is 17.5. The van der Waals surface area contributed by atoms with Crippen LogP contribution in [0.1, 0.15) is 17.2 Å². The van der Waals surface area contributed by atoms with Crippen molar-refractivity contribution in [2.45, 2.75) is 25.7 Å². The molecule has 10 heteroatoms. The van der Waals surface area contributed by atoms with E-state index in [-0.39, 0.29) is 36.9 Å². The van der Waals surface area contributed by atoms with E-state index in [1.165, 1.54) is 24.5 Å². The molecule has 2 aromatic carbocycles. The van der Waals surface area contributed by atoms with Crippen molar-refractivity contribution in [3.05, 3.63) is 71.8 Å². The summed E-state index contributed by atoms with van der Waals surface area (Å²) in [5.41, 5.74) is 1.04. The lowest BCUT2D eigenvalue weighted by Crippen LogP contribution is -2.47. The van der Waals surface area contributed by atoms with Gasteiger partial charge in [-0.15, -0.1) is 0 Å². The number of alkyl halides is 2. The predicted octanol–water partition coefficient (Wildman–Crippen LogP) is 3.81. The van der Waals surface area contributed by atoms with E-state index in [0.29, 0.717) is 28.0 Å². The second-order valence-corrected chi connectivity index (χ2v) is 7.87. The van der Waals surface area contributed by atoms with E-state index in [4.69, 9.17) is 4.74 Å². The molecule has 1 fully saturated rings. The third kappa shape index (κ3) is 3.91. The van der Waals surface area contributed by atoms with Crippen LogP contribution in [0.15, 0.2) is 48.8 Å². The van der Waals surface area contributed by atoms with Crippen LogP contribution in [0.2, 0.25) is 0 Å². The first-order chi connectivity index (χ1) is 15.8. The maximum absolute atomic E-state index is 14.9. The second kappa shape index (κ2) is 8.13. The van der Waals surface area contributed by atoms with Crippen LogP contribution < -0.4 is 4.74 Å². The number of fused-ring (bicyclic) bond motifs is 1. The number of para-hydroxylation sites is 1. The molecule has 0 aliphatic carbocycles. The highest BCUT2D eigenvalue weighted by Gasteiger charge is 2.40. The summed E-state index contributed by atoms with van der Waals surface area (Å²) in [4.78, 5) is 12.8. The molecule has 0 spiro atoms. The van der Waals surface area contributed by atoms with Crippen LogP contribution in [0.5, 0.6) is 5.75 Å². The van der Waals surface area contributed by atoms with Gasteiger partial charge in [0.25, 0.3) is 0 Å². The number of halogens is 3. The topological polar surface area (TPSA) is 82.3 Å². The first kappa shape index (κ1) is 21.4. The summed E-state index contributed by atoms with van der Waals surface area (Å²) in [5, 5.41) is 10.3. The van der Waals surface area contributed by atoms with Gasteiger partial charge in [-0.25, -0.2) is 19.3 Å². The van der Waals surface area contributed by atoms with Crippen molar-refractivity contribution in [1.29, 1.82) is 0 Å². The number of aryl methyl sites for hydroxylation is 1. The van der Waals surface area contributed by atoms with Crippen molar-refractivity contribution < 1.29 is 27.8 Å². The number of ether oxygens (including phenoxy) is 2. The highest BCUT2D eigenvalue weighted by Crippen LogP contribution is 2.31. The van der Waals surface area contributed by atoms with E-state index in [9.17, 15) is 18.3 Å². The van der Waals surface area contributed by atoms with Gasteiger partial charge in [0.2, 0.25) is 0 Å². The summed E-state index contributed by atoms with van der Waals surface area (Å²) >= 11 is 0. The van der Waals surface area contributed by atoms with E-state index in [0.717, 1.165) is 0 Å². The molecule has 170 valence electrons. The van der Waals surface area contributed by atoms with Gasteiger partial charge in [-0.2, -0.15) is 8.78 Å². The average molecular weight is 456 g/mol. The van der Waals surface area contributed by atoms with E-state index < -0.39 is 18.0 Å². The van der Waals surface area contributed by atoms with E-state index in [2.05, 4.69) is 19.7 Å². The van der Waals surface area contributed by atoms with E-state index in [1.54, 1.807) is 35.8 Å². The van der Waals surface area contributed by atoms with Crippen LogP contribution in [0.4, 0.5) is 13.2 Å². The summed E-state index contributed by atoms with van der Waals surface area (Å²) in [6.07, 6.45) is 2.89. The number of rotatable bonds is 6. The Labute approximate surface area is 186 Å². The fourth-order valence-corrected chi connectivity index (χ4v) is 3.83. The molecule has 3 heterocycles. The minimum Gasteiger partial charge on any atom is -0.434 e. The van der Waals surface area contributed by atoms with Crippen molar-refractivity contribution >= 4 is 11.0 Å². The number of imidazole rings is 1. The average Bonchev–Trinajstić information content (AvgIpc) is 3.06. The van der Waals surface area contributed by atoms with Crippen molar-refractivity contribution in [3.8, 4) is 16.9 Å². The molecule has 0 radical (unpaired) electrons. The highest BCUT2D eigenvalue weighted by atomic mass is 19.3. The summed E-state index contributed by atoms with van der Waals surface area (Å²) in [7, 11) is 0. The van der Waals surface area contributed by atoms with Crippen LogP contribution in [0.3, 0.4) is 0 Å². The van der Waals surface area contributed by atoms with Crippen molar-refractivity contribution in [2.24, 2.45) is 0 Å². The lowest BCUT2D eigenvalue weighted by atomic mass is 10.0. The summed E-state index contributed by atoms with van der Waals surface area (Å²) in [6, 6.07) is 9.45. The Morgan fingerprint density at radius 1 is 1.18 bits per heavy atom. The van der Waals surface area contributed by atoms with Gasteiger partial charge in [-0.3, -0.25) is 0 Å². The Hall–Kier alpha value is -3.50. The molecule has 7 nitrogen and oxygen atoms in total. The van der Waals surface area contributed by atoms with Crippen LogP contribution in [0.25, 0.3) is 22.2 Å². The van der Waals surface area contributed by atoms with Crippen molar-refractivity contribution in [1.82, 2.24) is 19.5 Å². The molecular formula is C23H19F3N4O3. The number of aromatic nitrogens is 4. The van der Waals surface area contributed by atoms with Gasteiger partial charge in [-0.1, -0.05) is 18.2 Å².